The van der Waals surface area contributed by atoms with Gasteiger partial charge in [-0.2, -0.15) is 0 Å². The molecular weight excluding hydrogens is 280 g/mol. The third-order valence-corrected chi connectivity index (χ3v) is 3.64. The summed E-state index contributed by atoms with van der Waals surface area (Å²) in [6.07, 6.45) is 0. The highest BCUT2D eigenvalue weighted by molar-refractivity contribution is 9.10. The van der Waals surface area contributed by atoms with Crippen molar-refractivity contribution in [3.63, 3.8) is 0 Å². The lowest BCUT2D eigenvalue weighted by Crippen LogP contribution is -2.29. The molecule has 2 rings (SSSR count). The van der Waals surface area contributed by atoms with Crippen molar-refractivity contribution in [1.82, 2.24) is 4.98 Å². The van der Waals surface area contributed by atoms with Crippen molar-refractivity contribution in [1.29, 1.82) is 0 Å². The standard InChI is InChI=1S/C13H17BrN2O/c1-7-5-8-10(14)12(13(2,3)15)16-11(8)9(6-7)17-4/h5-6,16H,15H2,1-4H3. The number of benzene rings is 1. The van der Waals surface area contributed by atoms with Gasteiger partial charge >= 0.3 is 0 Å². The van der Waals surface area contributed by atoms with Crippen molar-refractivity contribution < 1.29 is 4.74 Å². The number of aryl methyl sites for hydroxylation is 1. The predicted molar refractivity (Wildman–Crippen MR) is 74.5 cm³/mol. The van der Waals surface area contributed by atoms with E-state index in [4.69, 9.17) is 10.5 Å². The fraction of sp³-hybridized carbons (Fsp3) is 0.385. The van der Waals surface area contributed by atoms with Crippen molar-refractivity contribution in [3.8, 4) is 5.75 Å². The van der Waals surface area contributed by atoms with Gasteiger partial charge in [0.25, 0.3) is 0 Å². The number of nitrogens with one attached hydrogen (secondary N) is 1. The number of halogens is 1. The van der Waals surface area contributed by atoms with E-state index in [2.05, 4.69) is 33.9 Å². The molecule has 17 heavy (non-hydrogen) atoms. The fourth-order valence-electron chi connectivity index (χ4n) is 1.97. The molecule has 0 spiro atoms. The number of ether oxygens (including phenoxy) is 1. The van der Waals surface area contributed by atoms with Gasteiger partial charge in [-0.25, -0.2) is 0 Å². The number of hydrogen-bond acceptors (Lipinski definition) is 2. The Morgan fingerprint density at radius 1 is 1.35 bits per heavy atom. The highest BCUT2D eigenvalue weighted by atomic mass is 79.9. The number of methoxy groups -OCH3 is 1. The molecule has 2 aromatic rings. The smallest absolute Gasteiger partial charge is 0.143 e. The number of aromatic nitrogens is 1. The molecule has 0 aliphatic rings. The van der Waals surface area contributed by atoms with Crippen LogP contribution in [0.5, 0.6) is 5.75 Å². The van der Waals surface area contributed by atoms with Gasteiger partial charge < -0.3 is 15.5 Å². The van der Waals surface area contributed by atoms with Crippen LogP contribution in [-0.2, 0) is 5.54 Å². The Hall–Kier alpha value is -1.00. The normalized spacial score (nSPS) is 12.1. The Balaban J connectivity index is 2.82. The van der Waals surface area contributed by atoms with Gasteiger partial charge in [-0.1, -0.05) is 0 Å². The lowest BCUT2D eigenvalue weighted by atomic mass is 10.0. The number of fused-ring (bicyclic) bond motifs is 1. The molecule has 0 amide bonds. The topological polar surface area (TPSA) is 51.0 Å². The minimum atomic E-state index is -0.420. The summed E-state index contributed by atoms with van der Waals surface area (Å²) in [6.45, 7) is 6.00. The van der Waals surface area contributed by atoms with Crippen molar-refractivity contribution in [2.24, 2.45) is 5.73 Å². The maximum Gasteiger partial charge on any atom is 0.143 e. The fourth-order valence-corrected chi connectivity index (χ4v) is 2.90. The number of hydrogen-bond donors (Lipinski definition) is 2. The molecule has 0 bridgehead atoms. The van der Waals surface area contributed by atoms with Crippen molar-refractivity contribution in [2.45, 2.75) is 26.3 Å². The molecule has 92 valence electrons. The van der Waals surface area contributed by atoms with E-state index >= 15 is 0 Å². The maximum absolute atomic E-state index is 6.15. The minimum absolute atomic E-state index is 0.420. The average Bonchev–Trinajstić information content (AvgIpc) is 2.55. The first-order valence-electron chi connectivity index (χ1n) is 5.49. The van der Waals surface area contributed by atoms with Crippen molar-refractivity contribution in [2.75, 3.05) is 7.11 Å². The zero-order valence-corrected chi connectivity index (χ0v) is 12.1. The van der Waals surface area contributed by atoms with E-state index in [1.807, 2.05) is 19.9 Å². The van der Waals surface area contributed by atoms with Crippen LogP contribution in [0, 0.1) is 6.92 Å². The van der Waals surface area contributed by atoms with Crippen molar-refractivity contribution >= 4 is 26.8 Å². The number of rotatable bonds is 2. The van der Waals surface area contributed by atoms with Crippen LogP contribution in [0.15, 0.2) is 16.6 Å². The molecular formula is C13H17BrN2O. The zero-order valence-electron chi connectivity index (χ0n) is 10.5. The summed E-state index contributed by atoms with van der Waals surface area (Å²) in [4.78, 5) is 3.35. The highest BCUT2D eigenvalue weighted by Crippen LogP contribution is 2.37. The Bertz CT molecular complexity index is 567. The molecule has 1 heterocycles. The first kappa shape index (κ1) is 12.5. The summed E-state index contributed by atoms with van der Waals surface area (Å²) >= 11 is 3.62. The molecule has 0 unspecified atom stereocenters. The lowest BCUT2D eigenvalue weighted by molar-refractivity contribution is 0.418. The lowest BCUT2D eigenvalue weighted by Gasteiger charge is -2.17. The molecule has 3 nitrogen and oxygen atoms in total. The molecule has 0 fully saturated rings. The largest absolute Gasteiger partial charge is 0.495 e. The molecule has 0 aliphatic heterocycles. The molecule has 0 saturated heterocycles. The van der Waals surface area contributed by atoms with Gasteiger partial charge in [0.05, 0.1) is 18.2 Å². The molecule has 1 aromatic heterocycles. The average molecular weight is 297 g/mol. The van der Waals surface area contributed by atoms with E-state index in [1.54, 1.807) is 7.11 Å². The summed E-state index contributed by atoms with van der Waals surface area (Å²) < 4.78 is 6.41. The molecule has 0 aliphatic carbocycles. The summed E-state index contributed by atoms with van der Waals surface area (Å²) in [7, 11) is 1.68. The van der Waals surface area contributed by atoms with Gasteiger partial charge in [-0.15, -0.1) is 0 Å². The Morgan fingerprint density at radius 3 is 2.53 bits per heavy atom. The molecule has 0 atom stereocenters. The Kier molecular flexibility index (Phi) is 2.96. The van der Waals surface area contributed by atoms with Gasteiger partial charge in [-0.3, -0.25) is 0 Å². The van der Waals surface area contributed by atoms with E-state index in [1.165, 1.54) is 0 Å². The second kappa shape index (κ2) is 4.03. The van der Waals surface area contributed by atoms with E-state index < -0.39 is 5.54 Å². The first-order valence-corrected chi connectivity index (χ1v) is 6.29. The molecule has 0 radical (unpaired) electrons. The van der Waals surface area contributed by atoms with Crippen LogP contribution in [0.3, 0.4) is 0 Å². The summed E-state index contributed by atoms with van der Waals surface area (Å²) in [5.41, 5.74) is 8.86. The van der Waals surface area contributed by atoms with Gasteiger partial charge in [0.15, 0.2) is 0 Å². The summed E-state index contributed by atoms with van der Waals surface area (Å²) in [5, 5.41) is 1.11. The highest BCUT2D eigenvalue weighted by Gasteiger charge is 2.23. The predicted octanol–water partition coefficient (Wildman–Crippen LogP) is 3.44. The second-order valence-electron chi connectivity index (χ2n) is 4.93. The van der Waals surface area contributed by atoms with Crippen LogP contribution in [-0.4, -0.2) is 12.1 Å². The zero-order chi connectivity index (χ0) is 12.8. The number of aromatic amines is 1. The SMILES string of the molecule is COc1cc(C)cc2c(Br)c(C(C)(C)N)[nH]c12. The monoisotopic (exact) mass is 296 g/mol. The minimum Gasteiger partial charge on any atom is -0.495 e. The van der Waals surface area contributed by atoms with Crippen LogP contribution in [0.1, 0.15) is 25.1 Å². The van der Waals surface area contributed by atoms with Crippen LogP contribution in [0.4, 0.5) is 0 Å². The Morgan fingerprint density at radius 2 is 2.00 bits per heavy atom. The van der Waals surface area contributed by atoms with E-state index in [-0.39, 0.29) is 0 Å². The summed E-state index contributed by atoms with van der Waals surface area (Å²) in [5.74, 6) is 0.844. The van der Waals surface area contributed by atoms with Crippen LogP contribution in [0.25, 0.3) is 10.9 Å². The molecule has 1 aromatic carbocycles. The van der Waals surface area contributed by atoms with Gasteiger partial charge in [0.1, 0.15) is 5.75 Å². The third kappa shape index (κ3) is 2.07. The van der Waals surface area contributed by atoms with Crippen molar-refractivity contribution in [3.05, 3.63) is 27.9 Å². The van der Waals surface area contributed by atoms with Crippen LogP contribution >= 0.6 is 15.9 Å². The van der Waals surface area contributed by atoms with E-state index in [0.717, 1.165) is 32.4 Å². The van der Waals surface area contributed by atoms with Crippen LogP contribution < -0.4 is 10.5 Å². The van der Waals surface area contributed by atoms with E-state index in [9.17, 15) is 0 Å². The molecule has 4 heteroatoms. The van der Waals surface area contributed by atoms with E-state index in [0.29, 0.717) is 0 Å². The third-order valence-electron chi connectivity index (χ3n) is 2.82. The Labute approximate surface area is 109 Å². The van der Waals surface area contributed by atoms with Gasteiger partial charge in [-0.05, 0) is 54.4 Å². The quantitative estimate of drug-likeness (QED) is 0.892. The molecule has 0 saturated carbocycles. The first-order chi connectivity index (χ1) is 7.84. The van der Waals surface area contributed by atoms with Crippen LogP contribution in [0.2, 0.25) is 0 Å². The second-order valence-corrected chi connectivity index (χ2v) is 5.72. The maximum atomic E-state index is 6.15. The van der Waals surface area contributed by atoms with Gasteiger partial charge in [0.2, 0.25) is 0 Å². The molecule has 3 N–H and O–H groups in total. The number of H-pyrrole nitrogens is 1. The number of nitrogens with two attached hydrogens (primary N) is 1. The van der Waals surface area contributed by atoms with Gasteiger partial charge in [0, 0.05) is 15.6 Å². The summed E-state index contributed by atoms with van der Waals surface area (Å²) in [6, 6.07) is 4.13.